The second-order valence-corrected chi connectivity index (χ2v) is 15.5. The van der Waals surface area contributed by atoms with E-state index in [9.17, 15) is 28.0 Å². The average Bonchev–Trinajstić information content (AvgIpc) is 3.53. The first-order chi connectivity index (χ1) is 25.0. The van der Waals surface area contributed by atoms with Gasteiger partial charge in [-0.15, -0.1) is 0 Å². The van der Waals surface area contributed by atoms with Gasteiger partial charge in [0.05, 0.1) is 22.1 Å². The number of aryl methyl sites for hydroxylation is 1. The van der Waals surface area contributed by atoms with Crippen molar-refractivity contribution in [2.45, 2.75) is 43.5 Å². The normalized spacial score (nSPS) is 19.9. The van der Waals surface area contributed by atoms with E-state index in [1.807, 2.05) is 30.3 Å². The highest BCUT2D eigenvalue weighted by Crippen LogP contribution is 2.48. The molecule has 6 aromatic rings. The van der Waals surface area contributed by atoms with E-state index in [1.54, 1.807) is 37.3 Å². The molecule has 2 bridgehead atoms. The molecule has 3 aliphatic carbocycles. The number of hydrogen-bond donors (Lipinski definition) is 2. The van der Waals surface area contributed by atoms with Gasteiger partial charge < -0.3 is 10.4 Å². The number of nitrogens with one attached hydrogen (secondary N) is 1. The van der Waals surface area contributed by atoms with Crippen molar-refractivity contribution < 1.29 is 31.5 Å². The summed E-state index contributed by atoms with van der Waals surface area (Å²) in [5.74, 6) is -5.46. The highest BCUT2D eigenvalue weighted by Gasteiger charge is 2.48. The summed E-state index contributed by atoms with van der Waals surface area (Å²) >= 11 is 0. The Balaban J connectivity index is 1.41. The SMILES string of the molecule is Cc1ccc(S(=O)(=O)n2cc(-c3nc(NC4C5CCC(CC5)C4C(=O)O)c(F)c(-c4ccc5ccccc5c4)c3C#N)c3cc(F)cc(F)c32)cc1. The summed E-state index contributed by atoms with van der Waals surface area (Å²) in [6, 6.07) is 21.3. The number of carbonyl (C=O) groups is 1. The van der Waals surface area contributed by atoms with Crippen LogP contribution in [0, 0.1) is 53.5 Å². The number of carboxylic acid groups (broad SMARTS) is 1. The van der Waals surface area contributed by atoms with Crippen molar-refractivity contribution in [3.05, 3.63) is 114 Å². The Hall–Kier alpha value is -5.67. The fourth-order valence-corrected chi connectivity index (χ4v) is 9.57. The minimum atomic E-state index is -4.49. The van der Waals surface area contributed by atoms with Crippen molar-refractivity contribution >= 4 is 43.5 Å². The van der Waals surface area contributed by atoms with Gasteiger partial charge >= 0.3 is 5.97 Å². The van der Waals surface area contributed by atoms with E-state index in [2.05, 4.69) is 10.3 Å². The van der Waals surface area contributed by atoms with Crippen LogP contribution in [0.5, 0.6) is 0 Å². The van der Waals surface area contributed by atoms with Crippen LogP contribution in [0.4, 0.5) is 19.0 Å². The van der Waals surface area contributed by atoms with Crippen LogP contribution >= 0.6 is 0 Å². The van der Waals surface area contributed by atoms with E-state index < -0.39 is 50.9 Å². The molecule has 2 N–H and O–H groups in total. The maximum Gasteiger partial charge on any atom is 0.308 e. The number of aromatic nitrogens is 2. The molecule has 0 spiro atoms. The summed E-state index contributed by atoms with van der Waals surface area (Å²) in [7, 11) is -4.49. The van der Waals surface area contributed by atoms with Gasteiger partial charge in [-0.1, -0.05) is 54.1 Å². The second kappa shape index (κ2) is 12.5. The summed E-state index contributed by atoms with van der Waals surface area (Å²) in [6.07, 6.45) is 4.04. The molecule has 0 aliphatic heterocycles. The predicted octanol–water partition coefficient (Wildman–Crippen LogP) is 8.66. The molecule has 3 aliphatic rings. The van der Waals surface area contributed by atoms with Crippen LogP contribution in [0.25, 0.3) is 44.1 Å². The van der Waals surface area contributed by atoms with E-state index in [1.165, 1.54) is 12.1 Å². The van der Waals surface area contributed by atoms with Crippen LogP contribution in [0.15, 0.2) is 90.0 Å². The van der Waals surface area contributed by atoms with Crippen LogP contribution in [-0.4, -0.2) is 34.5 Å². The van der Waals surface area contributed by atoms with Crippen molar-refractivity contribution in [2.75, 3.05) is 5.32 Å². The van der Waals surface area contributed by atoms with Gasteiger partial charge in [-0.3, -0.25) is 4.79 Å². The zero-order chi connectivity index (χ0) is 36.5. The first kappa shape index (κ1) is 33.5. The van der Waals surface area contributed by atoms with Crippen molar-refractivity contribution in [1.82, 2.24) is 8.96 Å². The fourth-order valence-electron chi connectivity index (χ4n) is 8.20. The number of aliphatic carboxylic acids is 1. The number of rotatable bonds is 7. The maximum atomic E-state index is 17.1. The smallest absolute Gasteiger partial charge is 0.308 e. The van der Waals surface area contributed by atoms with Gasteiger partial charge in [0.2, 0.25) is 0 Å². The highest BCUT2D eigenvalue weighted by molar-refractivity contribution is 7.90. The fraction of sp³-hybridized carbons (Fsp3) is 0.225. The molecule has 3 fully saturated rings. The molecule has 0 amide bonds. The molecule has 262 valence electrons. The summed E-state index contributed by atoms with van der Waals surface area (Å²) in [5, 5.41) is 25.5. The van der Waals surface area contributed by atoms with E-state index in [4.69, 9.17) is 0 Å². The zero-order valence-corrected chi connectivity index (χ0v) is 28.6. The number of pyridine rings is 1. The maximum absolute atomic E-state index is 17.1. The molecule has 2 atom stereocenters. The number of halogens is 3. The van der Waals surface area contributed by atoms with Crippen molar-refractivity contribution in [2.24, 2.45) is 17.8 Å². The summed E-state index contributed by atoms with van der Waals surface area (Å²) in [5.41, 5.74) is -0.225. The first-order valence-electron chi connectivity index (χ1n) is 16.9. The standard InChI is InChI=1S/C40H31F3N4O4S/c1-21-6-14-28(15-7-21)52(50,51)47-20-31(29-17-27(41)18-32(42)38(29)47)37-30(19-44)33(26-13-8-22-4-2-3-5-25(22)16-26)35(43)39(46-37)45-36-24-11-9-23(10-12-24)34(36)40(48)49/h2-8,13-18,20,23-24,34,36H,9-12H2,1H3,(H,45,46)(H,48,49). The summed E-state index contributed by atoms with van der Waals surface area (Å²) < 4.78 is 76.6. The Labute approximate surface area is 297 Å². The molecule has 2 heterocycles. The molecular weight excluding hydrogens is 690 g/mol. The van der Waals surface area contributed by atoms with E-state index in [-0.39, 0.29) is 50.3 Å². The van der Waals surface area contributed by atoms with Gasteiger partial charge in [0, 0.05) is 34.8 Å². The quantitative estimate of drug-likeness (QED) is 0.169. The summed E-state index contributed by atoms with van der Waals surface area (Å²) in [4.78, 5) is 17.0. The molecule has 4 aromatic carbocycles. The van der Waals surface area contributed by atoms with Crippen LogP contribution in [0.3, 0.4) is 0 Å². The number of nitriles is 1. The van der Waals surface area contributed by atoms with E-state index in [0.29, 0.717) is 15.6 Å². The highest BCUT2D eigenvalue weighted by atomic mass is 32.2. The van der Waals surface area contributed by atoms with Crippen LogP contribution < -0.4 is 5.32 Å². The molecule has 3 saturated carbocycles. The molecule has 0 saturated heterocycles. The van der Waals surface area contributed by atoms with Crippen molar-refractivity contribution in [1.29, 1.82) is 5.26 Å². The van der Waals surface area contributed by atoms with Gasteiger partial charge in [-0.05, 0) is 85.0 Å². The topological polar surface area (TPSA) is 125 Å². The Kier molecular flexibility index (Phi) is 8.06. The minimum absolute atomic E-state index is 0.0831. The third-order valence-electron chi connectivity index (χ3n) is 10.7. The van der Waals surface area contributed by atoms with Gasteiger partial charge in [0.25, 0.3) is 10.0 Å². The molecular formula is C40H31F3N4O4S. The zero-order valence-electron chi connectivity index (χ0n) is 27.8. The van der Waals surface area contributed by atoms with Crippen LogP contribution in [-0.2, 0) is 14.8 Å². The average molecular weight is 721 g/mol. The molecule has 12 heteroatoms. The number of benzene rings is 4. The Bertz CT molecular complexity index is 2590. The van der Waals surface area contributed by atoms with Crippen molar-refractivity contribution in [3.63, 3.8) is 0 Å². The lowest BCUT2D eigenvalue weighted by atomic mass is 9.61. The Morgan fingerprint density at radius 3 is 2.33 bits per heavy atom. The molecule has 2 unspecified atom stereocenters. The lowest BCUT2D eigenvalue weighted by Crippen LogP contribution is -2.51. The monoisotopic (exact) mass is 720 g/mol. The lowest BCUT2D eigenvalue weighted by Gasteiger charge is -2.47. The third-order valence-corrected chi connectivity index (χ3v) is 12.4. The molecule has 8 nitrogen and oxygen atoms in total. The van der Waals surface area contributed by atoms with Crippen LogP contribution in [0.1, 0.15) is 36.8 Å². The third kappa shape index (κ3) is 5.38. The lowest BCUT2D eigenvalue weighted by molar-refractivity contribution is -0.148. The van der Waals surface area contributed by atoms with Gasteiger partial charge in [0.1, 0.15) is 17.4 Å². The Morgan fingerprint density at radius 2 is 1.63 bits per heavy atom. The predicted molar refractivity (Wildman–Crippen MR) is 190 cm³/mol. The number of anilines is 1. The number of carboxylic acids is 1. The van der Waals surface area contributed by atoms with Gasteiger partial charge in [-0.25, -0.2) is 30.5 Å². The molecule has 52 heavy (non-hydrogen) atoms. The van der Waals surface area contributed by atoms with E-state index in [0.717, 1.165) is 54.3 Å². The summed E-state index contributed by atoms with van der Waals surface area (Å²) in [6.45, 7) is 1.78. The second-order valence-electron chi connectivity index (χ2n) is 13.7. The minimum Gasteiger partial charge on any atom is -0.481 e. The molecule has 2 aromatic heterocycles. The van der Waals surface area contributed by atoms with Crippen molar-refractivity contribution in [3.8, 4) is 28.5 Å². The van der Waals surface area contributed by atoms with Gasteiger partial charge in [-0.2, -0.15) is 5.26 Å². The number of fused-ring (bicyclic) bond motifs is 5. The van der Waals surface area contributed by atoms with Gasteiger partial charge in [0.15, 0.2) is 17.5 Å². The van der Waals surface area contributed by atoms with E-state index >= 15 is 8.78 Å². The molecule has 0 radical (unpaired) electrons. The first-order valence-corrected chi connectivity index (χ1v) is 18.3. The largest absolute Gasteiger partial charge is 0.481 e. The van der Waals surface area contributed by atoms with Crippen LogP contribution in [0.2, 0.25) is 0 Å². The molecule has 9 rings (SSSR count). The Morgan fingerprint density at radius 1 is 0.942 bits per heavy atom. The number of nitrogens with zero attached hydrogens (tertiary/aromatic N) is 3. The number of hydrogen-bond acceptors (Lipinski definition) is 6.